The fourth-order valence-corrected chi connectivity index (χ4v) is 1.61. The van der Waals surface area contributed by atoms with Gasteiger partial charge in [0.05, 0.1) is 6.04 Å². The van der Waals surface area contributed by atoms with Crippen LogP contribution >= 0.6 is 0 Å². The Hall–Kier alpha value is -2.14. The molecule has 0 bridgehead atoms. The lowest BCUT2D eigenvalue weighted by Gasteiger charge is -2.12. The summed E-state index contributed by atoms with van der Waals surface area (Å²) in [5.41, 5.74) is 6.72. The maximum Gasteiger partial charge on any atom is 0.251 e. The zero-order valence-corrected chi connectivity index (χ0v) is 11.8. The molecule has 0 aromatic heterocycles. The van der Waals surface area contributed by atoms with Crippen LogP contribution in [0.2, 0.25) is 0 Å². The molecular formula is C15H21N3O2. The Morgan fingerprint density at radius 1 is 1.40 bits per heavy atom. The first kappa shape index (κ1) is 15.9. The smallest absolute Gasteiger partial charge is 0.251 e. The van der Waals surface area contributed by atoms with Crippen molar-refractivity contribution in [1.29, 1.82) is 0 Å². The second-order valence-electron chi connectivity index (χ2n) is 4.83. The monoisotopic (exact) mass is 275 g/mol. The van der Waals surface area contributed by atoms with Crippen LogP contribution < -0.4 is 16.4 Å². The average molecular weight is 275 g/mol. The van der Waals surface area contributed by atoms with Gasteiger partial charge in [-0.15, -0.1) is 6.58 Å². The number of hydrogen-bond donors (Lipinski definition) is 3. The van der Waals surface area contributed by atoms with Gasteiger partial charge in [0.25, 0.3) is 5.91 Å². The summed E-state index contributed by atoms with van der Waals surface area (Å²) in [4.78, 5) is 23.6. The topological polar surface area (TPSA) is 84.2 Å². The van der Waals surface area contributed by atoms with Gasteiger partial charge in [-0.05, 0) is 38.5 Å². The Balaban J connectivity index is 2.75. The summed E-state index contributed by atoms with van der Waals surface area (Å²) in [5, 5.41) is 5.48. The molecule has 20 heavy (non-hydrogen) atoms. The quantitative estimate of drug-likeness (QED) is 0.690. The standard InChI is InChI=1S/C15H21N3O2/c1-4-6-13(16)15(20)18-12-8-5-7-11(9-12)14(19)17-10(2)3/h4-5,7-10,13H,1,6,16H2,2-3H3,(H,17,19)(H,18,20). The molecule has 0 aliphatic heterocycles. The Labute approximate surface area is 119 Å². The van der Waals surface area contributed by atoms with Crippen molar-refractivity contribution in [3.8, 4) is 0 Å². The molecule has 1 atom stereocenters. The molecule has 1 unspecified atom stereocenters. The number of rotatable bonds is 6. The van der Waals surface area contributed by atoms with Crippen LogP contribution in [0.1, 0.15) is 30.6 Å². The minimum Gasteiger partial charge on any atom is -0.350 e. The normalized spacial score (nSPS) is 11.8. The van der Waals surface area contributed by atoms with Crippen molar-refractivity contribution in [3.63, 3.8) is 0 Å². The molecule has 1 rings (SSSR count). The van der Waals surface area contributed by atoms with E-state index in [1.165, 1.54) is 0 Å². The van der Waals surface area contributed by atoms with Gasteiger partial charge in [0, 0.05) is 17.3 Å². The van der Waals surface area contributed by atoms with Gasteiger partial charge in [0.1, 0.15) is 0 Å². The fourth-order valence-electron chi connectivity index (χ4n) is 1.61. The van der Waals surface area contributed by atoms with Gasteiger partial charge in [-0.3, -0.25) is 9.59 Å². The number of amides is 2. The van der Waals surface area contributed by atoms with Crippen molar-refractivity contribution in [2.24, 2.45) is 5.73 Å². The summed E-state index contributed by atoms with van der Waals surface area (Å²) in [5.74, 6) is -0.474. The second-order valence-corrected chi connectivity index (χ2v) is 4.83. The van der Waals surface area contributed by atoms with E-state index >= 15 is 0 Å². The molecule has 0 fully saturated rings. The highest BCUT2D eigenvalue weighted by Crippen LogP contribution is 2.11. The highest BCUT2D eigenvalue weighted by atomic mass is 16.2. The zero-order valence-electron chi connectivity index (χ0n) is 11.8. The van der Waals surface area contributed by atoms with Gasteiger partial charge in [-0.1, -0.05) is 12.1 Å². The molecule has 0 radical (unpaired) electrons. The van der Waals surface area contributed by atoms with Gasteiger partial charge in [0.15, 0.2) is 0 Å². The van der Waals surface area contributed by atoms with Crippen LogP contribution in [0.3, 0.4) is 0 Å². The Morgan fingerprint density at radius 3 is 2.70 bits per heavy atom. The molecule has 1 aromatic rings. The third-order valence-corrected chi connectivity index (χ3v) is 2.57. The van der Waals surface area contributed by atoms with Crippen LogP contribution in [-0.2, 0) is 4.79 Å². The first-order valence-corrected chi connectivity index (χ1v) is 6.52. The predicted molar refractivity (Wildman–Crippen MR) is 80.5 cm³/mol. The van der Waals surface area contributed by atoms with Crippen molar-refractivity contribution in [2.75, 3.05) is 5.32 Å². The van der Waals surface area contributed by atoms with E-state index in [0.717, 1.165) is 0 Å². The third-order valence-electron chi connectivity index (χ3n) is 2.57. The highest BCUT2D eigenvalue weighted by Gasteiger charge is 2.13. The number of carbonyl (C=O) groups excluding carboxylic acids is 2. The predicted octanol–water partition coefficient (Wildman–Crippen LogP) is 1.67. The number of hydrogen-bond acceptors (Lipinski definition) is 3. The minimum atomic E-state index is -0.638. The lowest BCUT2D eigenvalue weighted by Crippen LogP contribution is -2.35. The van der Waals surface area contributed by atoms with Crippen LogP contribution in [0.25, 0.3) is 0 Å². The van der Waals surface area contributed by atoms with Crippen molar-refractivity contribution in [1.82, 2.24) is 5.32 Å². The molecule has 2 amide bonds. The molecule has 0 aliphatic rings. The van der Waals surface area contributed by atoms with E-state index in [1.54, 1.807) is 30.3 Å². The molecule has 5 nitrogen and oxygen atoms in total. The van der Waals surface area contributed by atoms with Gasteiger partial charge in [-0.25, -0.2) is 0 Å². The number of nitrogens with one attached hydrogen (secondary N) is 2. The first-order valence-electron chi connectivity index (χ1n) is 6.52. The SMILES string of the molecule is C=CCC(N)C(=O)Nc1cccc(C(=O)NC(C)C)c1. The summed E-state index contributed by atoms with van der Waals surface area (Å²) in [6.07, 6.45) is 2.00. The molecular weight excluding hydrogens is 254 g/mol. The first-order chi connectivity index (χ1) is 9.43. The lowest BCUT2D eigenvalue weighted by atomic mass is 10.1. The second kappa shape index (κ2) is 7.45. The molecule has 0 saturated carbocycles. The Bertz CT molecular complexity index is 498. The summed E-state index contributed by atoms with van der Waals surface area (Å²) in [6.45, 7) is 7.32. The maximum absolute atomic E-state index is 11.9. The number of nitrogens with two attached hydrogens (primary N) is 1. The van der Waals surface area contributed by atoms with Crippen molar-refractivity contribution in [3.05, 3.63) is 42.5 Å². The van der Waals surface area contributed by atoms with E-state index < -0.39 is 6.04 Å². The third kappa shape index (κ3) is 4.85. The summed E-state index contributed by atoms with van der Waals surface area (Å²) in [6, 6.07) is 6.16. The van der Waals surface area contributed by atoms with E-state index in [4.69, 9.17) is 5.73 Å². The molecule has 0 saturated heterocycles. The van der Waals surface area contributed by atoms with Crippen LogP contribution in [0.4, 0.5) is 5.69 Å². The van der Waals surface area contributed by atoms with Crippen LogP contribution in [0, 0.1) is 0 Å². The zero-order chi connectivity index (χ0) is 15.1. The minimum absolute atomic E-state index is 0.0572. The Morgan fingerprint density at radius 2 is 2.10 bits per heavy atom. The summed E-state index contributed by atoms with van der Waals surface area (Å²) >= 11 is 0. The molecule has 0 spiro atoms. The number of anilines is 1. The maximum atomic E-state index is 11.9. The molecule has 108 valence electrons. The Kier molecular flexibility index (Phi) is 5.93. The molecule has 1 aromatic carbocycles. The average Bonchev–Trinajstić information content (AvgIpc) is 2.38. The van der Waals surface area contributed by atoms with Crippen molar-refractivity contribution >= 4 is 17.5 Å². The lowest BCUT2D eigenvalue weighted by molar-refractivity contribution is -0.117. The molecule has 4 N–H and O–H groups in total. The van der Waals surface area contributed by atoms with Gasteiger partial charge >= 0.3 is 0 Å². The van der Waals surface area contributed by atoms with E-state index in [1.807, 2.05) is 13.8 Å². The van der Waals surface area contributed by atoms with Crippen molar-refractivity contribution < 1.29 is 9.59 Å². The summed E-state index contributed by atoms with van der Waals surface area (Å²) in [7, 11) is 0. The molecule has 5 heteroatoms. The van der Waals surface area contributed by atoms with Crippen molar-refractivity contribution in [2.45, 2.75) is 32.4 Å². The largest absolute Gasteiger partial charge is 0.350 e. The van der Waals surface area contributed by atoms with E-state index in [9.17, 15) is 9.59 Å². The van der Waals surface area contributed by atoms with Gasteiger partial charge < -0.3 is 16.4 Å². The van der Waals surface area contributed by atoms with Gasteiger partial charge in [-0.2, -0.15) is 0 Å². The van der Waals surface area contributed by atoms with E-state index in [-0.39, 0.29) is 17.9 Å². The van der Waals surface area contributed by atoms with Crippen LogP contribution in [0.15, 0.2) is 36.9 Å². The van der Waals surface area contributed by atoms with E-state index in [2.05, 4.69) is 17.2 Å². The summed E-state index contributed by atoms with van der Waals surface area (Å²) < 4.78 is 0. The van der Waals surface area contributed by atoms with Crippen LogP contribution in [0.5, 0.6) is 0 Å². The van der Waals surface area contributed by atoms with Gasteiger partial charge in [0.2, 0.25) is 5.91 Å². The van der Waals surface area contributed by atoms with Crippen LogP contribution in [-0.4, -0.2) is 23.9 Å². The fraction of sp³-hybridized carbons (Fsp3) is 0.333. The highest BCUT2D eigenvalue weighted by molar-refractivity contribution is 5.98. The number of carbonyl (C=O) groups is 2. The van der Waals surface area contributed by atoms with E-state index in [0.29, 0.717) is 17.7 Å². The number of benzene rings is 1. The molecule has 0 heterocycles. The molecule has 0 aliphatic carbocycles.